The second-order valence-corrected chi connectivity index (χ2v) is 5.51. The average Bonchev–Trinajstić information content (AvgIpc) is 2.87. The molecule has 0 saturated carbocycles. The highest BCUT2D eigenvalue weighted by Gasteiger charge is 2.11. The molecule has 2 rings (SSSR count). The summed E-state index contributed by atoms with van der Waals surface area (Å²) in [6.07, 6.45) is 3.18. The van der Waals surface area contributed by atoms with Crippen molar-refractivity contribution in [1.29, 1.82) is 0 Å². The normalized spacial score (nSPS) is 10.9. The first-order chi connectivity index (χ1) is 12.0. The maximum atomic E-state index is 11.8. The van der Waals surface area contributed by atoms with Gasteiger partial charge in [-0.15, -0.1) is 0 Å². The van der Waals surface area contributed by atoms with Crippen LogP contribution in [0.25, 0.3) is 11.8 Å². The van der Waals surface area contributed by atoms with Crippen LogP contribution in [0.5, 0.6) is 0 Å². The van der Waals surface area contributed by atoms with E-state index in [-0.39, 0.29) is 11.9 Å². The molecule has 5 nitrogen and oxygen atoms in total. The molecule has 0 spiro atoms. The molecule has 0 aliphatic carbocycles. The van der Waals surface area contributed by atoms with Gasteiger partial charge < -0.3 is 14.0 Å². The van der Waals surface area contributed by atoms with Crippen molar-refractivity contribution in [2.45, 2.75) is 27.7 Å². The molecule has 0 unspecified atom stereocenters. The van der Waals surface area contributed by atoms with Gasteiger partial charge in [0.1, 0.15) is 0 Å². The fourth-order valence-electron chi connectivity index (χ4n) is 2.66. The van der Waals surface area contributed by atoms with Gasteiger partial charge in [-0.3, -0.25) is 0 Å². The Balaban J connectivity index is 2.28. The summed E-state index contributed by atoms with van der Waals surface area (Å²) in [5.74, 6) is -0.681. The van der Waals surface area contributed by atoms with Crippen LogP contribution >= 0.6 is 0 Å². The minimum atomic E-state index is -0.355. The van der Waals surface area contributed by atoms with Gasteiger partial charge in [0, 0.05) is 23.2 Å². The smallest absolute Gasteiger partial charge is 0.338 e. The summed E-state index contributed by atoms with van der Waals surface area (Å²) in [6.45, 7) is 8.24. The van der Waals surface area contributed by atoms with E-state index in [1.54, 1.807) is 32.1 Å². The van der Waals surface area contributed by atoms with Gasteiger partial charge in [0.15, 0.2) is 0 Å². The highest BCUT2D eigenvalue weighted by Crippen LogP contribution is 2.22. The third kappa shape index (κ3) is 4.38. The number of hydrogen-bond donors (Lipinski definition) is 0. The van der Waals surface area contributed by atoms with Crippen molar-refractivity contribution in [2.24, 2.45) is 0 Å². The zero-order valence-corrected chi connectivity index (χ0v) is 15.0. The summed E-state index contributed by atoms with van der Waals surface area (Å²) in [5.41, 5.74) is 4.45. The van der Waals surface area contributed by atoms with Gasteiger partial charge in [0.2, 0.25) is 0 Å². The molecule has 0 amide bonds. The highest BCUT2D eigenvalue weighted by molar-refractivity contribution is 5.89. The quantitative estimate of drug-likeness (QED) is 0.591. The fraction of sp³-hybridized carbons (Fsp3) is 0.300. The molecule has 0 fully saturated rings. The summed E-state index contributed by atoms with van der Waals surface area (Å²) in [7, 11) is 0. The number of carbonyl (C=O) groups is 2. The van der Waals surface area contributed by atoms with Crippen LogP contribution in [0.2, 0.25) is 0 Å². The van der Waals surface area contributed by atoms with Crippen molar-refractivity contribution in [2.75, 3.05) is 13.2 Å². The first kappa shape index (κ1) is 18.5. The van der Waals surface area contributed by atoms with Crippen molar-refractivity contribution in [1.82, 2.24) is 4.57 Å². The van der Waals surface area contributed by atoms with E-state index in [4.69, 9.17) is 9.47 Å². The lowest BCUT2D eigenvalue weighted by Crippen LogP contribution is -2.05. The topological polar surface area (TPSA) is 57.5 Å². The summed E-state index contributed by atoms with van der Waals surface area (Å²) in [5, 5.41) is 0. The van der Waals surface area contributed by atoms with Crippen molar-refractivity contribution in [3.63, 3.8) is 0 Å². The largest absolute Gasteiger partial charge is 0.463 e. The minimum absolute atomic E-state index is 0.326. The maximum Gasteiger partial charge on any atom is 0.338 e. The summed E-state index contributed by atoms with van der Waals surface area (Å²) >= 11 is 0. The van der Waals surface area contributed by atoms with E-state index in [1.807, 2.05) is 32.0 Å². The molecule has 0 saturated heterocycles. The maximum absolute atomic E-state index is 11.8. The fourth-order valence-corrected chi connectivity index (χ4v) is 2.66. The summed E-state index contributed by atoms with van der Waals surface area (Å²) in [6, 6.07) is 9.27. The molecule has 0 aliphatic rings. The molecule has 132 valence electrons. The van der Waals surface area contributed by atoms with E-state index in [0.717, 1.165) is 22.6 Å². The Bertz CT molecular complexity index is 785. The lowest BCUT2D eigenvalue weighted by Gasteiger charge is -2.10. The average molecular weight is 341 g/mol. The number of esters is 2. The zero-order chi connectivity index (χ0) is 18.4. The molecule has 5 heteroatoms. The molecule has 0 aliphatic heterocycles. The Morgan fingerprint density at radius 1 is 1.04 bits per heavy atom. The van der Waals surface area contributed by atoms with Gasteiger partial charge in [0.05, 0.1) is 18.8 Å². The van der Waals surface area contributed by atoms with E-state index < -0.39 is 0 Å². The van der Waals surface area contributed by atoms with Crippen LogP contribution in [-0.4, -0.2) is 29.7 Å². The van der Waals surface area contributed by atoms with Gasteiger partial charge in [0.25, 0.3) is 0 Å². The van der Waals surface area contributed by atoms with Crippen LogP contribution in [-0.2, 0) is 14.3 Å². The van der Waals surface area contributed by atoms with Crippen LogP contribution < -0.4 is 0 Å². The van der Waals surface area contributed by atoms with E-state index >= 15 is 0 Å². The molecule has 0 bridgehead atoms. The number of aryl methyl sites for hydroxylation is 1. The lowest BCUT2D eigenvalue weighted by molar-refractivity contribution is -0.137. The van der Waals surface area contributed by atoms with Crippen LogP contribution in [0, 0.1) is 13.8 Å². The minimum Gasteiger partial charge on any atom is -0.463 e. The molecule has 1 aromatic carbocycles. The van der Waals surface area contributed by atoms with Gasteiger partial charge in [-0.2, -0.15) is 0 Å². The van der Waals surface area contributed by atoms with Crippen LogP contribution in [0.3, 0.4) is 0 Å². The zero-order valence-electron chi connectivity index (χ0n) is 15.0. The van der Waals surface area contributed by atoms with E-state index in [2.05, 4.69) is 4.57 Å². The van der Waals surface area contributed by atoms with Gasteiger partial charge in [-0.05, 0) is 69.7 Å². The molecule has 1 aromatic heterocycles. The molecule has 0 N–H and O–H groups in total. The van der Waals surface area contributed by atoms with Crippen LogP contribution in [0.1, 0.15) is 41.2 Å². The molecule has 0 atom stereocenters. The van der Waals surface area contributed by atoms with E-state index in [0.29, 0.717) is 18.8 Å². The summed E-state index contributed by atoms with van der Waals surface area (Å²) < 4.78 is 12.0. The van der Waals surface area contributed by atoms with Crippen molar-refractivity contribution >= 4 is 18.0 Å². The highest BCUT2D eigenvalue weighted by atomic mass is 16.5. The molecule has 25 heavy (non-hydrogen) atoms. The summed E-state index contributed by atoms with van der Waals surface area (Å²) in [4.78, 5) is 23.2. The van der Waals surface area contributed by atoms with Crippen LogP contribution in [0.15, 0.2) is 36.4 Å². The Kier molecular flexibility index (Phi) is 6.17. The van der Waals surface area contributed by atoms with Gasteiger partial charge >= 0.3 is 11.9 Å². The Morgan fingerprint density at radius 2 is 1.68 bits per heavy atom. The number of aromatic nitrogens is 1. The van der Waals surface area contributed by atoms with E-state index in [9.17, 15) is 9.59 Å². The second-order valence-electron chi connectivity index (χ2n) is 5.51. The molecular weight excluding hydrogens is 318 g/mol. The number of carbonyl (C=O) groups excluding carboxylic acids is 2. The number of rotatable bonds is 6. The third-order valence-electron chi connectivity index (χ3n) is 3.79. The SMILES string of the molecule is CCOC(=O)C=Cc1cc(C)n(-c2ccc(C(=O)OCC)cc2)c1C. The van der Waals surface area contributed by atoms with Crippen molar-refractivity contribution in [3.8, 4) is 5.69 Å². The predicted octanol–water partition coefficient (Wildman–Crippen LogP) is 3.85. The molecule has 0 radical (unpaired) electrons. The molecule has 2 aromatic rings. The predicted molar refractivity (Wildman–Crippen MR) is 96.9 cm³/mol. The Morgan fingerprint density at radius 3 is 2.28 bits per heavy atom. The first-order valence-corrected chi connectivity index (χ1v) is 8.29. The van der Waals surface area contributed by atoms with Crippen molar-refractivity contribution in [3.05, 3.63) is 58.9 Å². The number of hydrogen-bond acceptors (Lipinski definition) is 4. The van der Waals surface area contributed by atoms with Crippen LogP contribution in [0.4, 0.5) is 0 Å². The Labute approximate surface area is 147 Å². The Hall–Kier alpha value is -2.82. The molecule has 1 heterocycles. The lowest BCUT2D eigenvalue weighted by atomic mass is 10.2. The molecular formula is C20H23NO4. The second kappa shape index (κ2) is 8.33. The van der Waals surface area contributed by atoms with Crippen molar-refractivity contribution < 1.29 is 19.1 Å². The monoisotopic (exact) mass is 341 g/mol. The number of benzene rings is 1. The third-order valence-corrected chi connectivity index (χ3v) is 3.79. The van der Waals surface area contributed by atoms with Gasteiger partial charge in [-0.1, -0.05) is 0 Å². The first-order valence-electron chi connectivity index (χ1n) is 8.29. The number of nitrogens with zero attached hydrogens (tertiary/aromatic N) is 1. The standard InChI is InChI=1S/C20H23NO4/c1-5-24-19(22)12-9-17-13-14(3)21(15(17)4)18-10-7-16(8-11-18)20(23)25-6-2/h7-13H,5-6H2,1-4H3. The number of ether oxygens (including phenoxy) is 2. The van der Waals surface area contributed by atoms with Gasteiger partial charge in [-0.25, -0.2) is 9.59 Å². The van der Waals surface area contributed by atoms with E-state index in [1.165, 1.54) is 6.08 Å².